The second kappa shape index (κ2) is 10.1. The smallest absolute Gasteiger partial charge is 0.256 e. The van der Waals surface area contributed by atoms with Gasteiger partial charge in [0.05, 0.1) is 5.56 Å². The predicted octanol–water partition coefficient (Wildman–Crippen LogP) is 4.98. The molecule has 0 aromatic heterocycles. The topological polar surface area (TPSA) is 49.4 Å². The number of carbonyl (C=O) groups is 2. The molecule has 4 nitrogen and oxygen atoms in total. The van der Waals surface area contributed by atoms with Crippen molar-refractivity contribution in [3.63, 3.8) is 0 Å². The van der Waals surface area contributed by atoms with E-state index in [4.69, 9.17) is 0 Å². The van der Waals surface area contributed by atoms with Gasteiger partial charge in [0.2, 0.25) is 5.91 Å². The molecule has 0 spiro atoms. The van der Waals surface area contributed by atoms with E-state index >= 15 is 0 Å². The van der Waals surface area contributed by atoms with E-state index in [1.54, 1.807) is 12.1 Å². The minimum absolute atomic E-state index is 0.177. The van der Waals surface area contributed by atoms with Gasteiger partial charge in [-0.15, -0.1) is 0 Å². The van der Waals surface area contributed by atoms with Crippen molar-refractivity contribution in [2.75, 3.05) is 13.1 Å². The lowest BCUT2D eigenvalue weighted by Gasteiger charge is -2.42. The molecule has 0 aliphatic carbocycles. The Hall–Kier alpha value is -3.61. The van der Waals surface area contributed by atoms with Crippen LogP contribution in [0, 0.1) is 17.5 Å². The molecule has 1 N–H and O–H groups in total. The molecular formula is C27H25F3N2O2. The van der Waals surface area contributed by atoms with Crippen molar-refractivity contribution in [2.45, 2.75) is 31.2 Å². The molecule has 3 aromatic carbocycles. The Bertz CT molecular complexity index is 1180. The number of likely N-dealkylation sites (tertiary alicyclic amines) is 1. The maximum atomic E-state index is 14.1. The zero-order chi connectivity index (χ0) is 24.1. The molecule has 4 rings (SSSR count). The molecule has 1 aliphatic rings. The zero-order valence-corrected chi connectivity index (χ0v) is 18.6. The number of carbonyl (C=O) groups excluding carboxylic acids is 2. The Kier molecular flexibility index (Phi) is 7.01. The lowest BCUT2D eigenvalue weighted by atomic mass is 9.70. The van der Waals surface area contributed by atoms with Gasteiger partial charge < -0.3 is 10.2 Å². The molecule has 7 heteroatoms. The SMILES string of the molecule is O=C(CC1(c2ccccc2)CCN(C(=O)c2cccc(F)c2F)CC1)NCc1cccc(F)c1. The second-order valence-corrected chi connectivity index (χ2v) is 8.62. The van der Waals surface area contributed by atoms with Crippen molar-refractivity contribution >= 4 is 11.8 Å². The van der Waals surface area contributed by atoms with Crippen LogP contribution in [0.15, 0.2) is 72.8 Å². The van der Waals surface area contributed by atoms with Crippen molar-refractivity contribution in [3.8, 4) is 0 Å². The first kappa shape index (κ1) is 23.5. The fraction of sp³-hybridized carbons (Fsp3) is 0.259. The first-order valence-corrected chi connectivity index (χ1v) is 11.2. The highest BCUT2D eigenvalue weighted by atomic mass is 19.2. The largest absolute Gasteiger partial charge is 0.352 e. The van der Waals surface area contributed by atoms with Gasteiger partial charge in [0.25, 0.3) is 5.91 Å². The number of hydrogen-bond donors (Lipinski definition) is 1. The van der Waals surface area contributed by atoms with Gasteiger partial charge >= 0.3 is 0 Å². The van der Waals surface area contributed by atoms with Crippen molar-refractivity contribution in [1.82, 2.24) is 10.2 Å². The summed E-state index contributed by atoms with van der Waals surface area (Å²) < 4.78 is 41.2. The van der Waals surface area contributed by atoms with E-state index in [1.807, 2.05) is 30.3 Å². The van der Waals surface area contributed by atoms with E-state index in [0.29, 0.717) is 31.5 Å². The summed E-state index contributed by atoms with van der Waals surface area (Å²) in [6.45, 7) is 0.826. The van der Waals surface area contributed by atoms with E-state index in [1.165, 1.54) is 29.2 Å². The minimum atomic E-state index is -1.15. The molecule has 34 heavy (non-hydrogen) atoms. The van der Waals surface area contributed by atoms with Crippen LogP contribution in [0.4, 0.5) is 13.2 Å². The zero-order valence-electron chi connectivity index (χ0n) is 18.6. The standard InChI is InChI=1S/C27H25F3N2O2/c28-21-9-4-6-19(16-21)18-31-24(33)17-27(20-7-2-1-3-8-20)12-14-32(15-13-27)26(34)22-10-5-11-23(29)25(22)30/h1-11,16H,12-15,17-18H2,(H,31,33). The predicted molar refractivity (Wildman–Crippen MR) is 122 cm³/mol. The van der Waals surface area contributed by atoms with Crippen LogP contribution in [-0.4, -0.2) is 29.8 Å². The summed E-state index contributed by atoms with van der Waals surface area (Å²) in [5.41, 5.74) is 0.851. The van der Waals surface area contributed by atoms with E-state index in [9.17, 15) is 22.8 Å². The van der Waals surface area contributed by atoms with Crippen molar-refractivity contribution in [1.29, 1.82) is 0 Å². The van der Waals surface area contributed by atoms with E-state index in [0.717, 1.165) is 11.6 Å². The lowest BCUT2D eigenvalue weighted by Crippen LogP contribution is -2.47. The monoisotopic (exact) mass is 466 g/mol. The molecule has 1 aliphatic heterocycles. The molecule has 1 heterocycles. The van der Waals surface area contributed by atoms with E-state index in [-0.39, 0.29) is 30.3 Å². The van der Waals surface area contributed by atoms with Gasteiger partial charge in [-0.2, -0.15) is 0 Å². The van der Waals surface area contributed by atoms with Crippen LogP contribution < -0.4 is 5.32 Å². The highest BCUT2D eigenvalue weighted by Gasteiger charge is 2.39. The fourth-order valence-corrected chi connectivity index (χ4v) is 4.55. The molecule has 0 atom stereocenters. The first-order chi connectivity index (χ1) is 16.4. The highest BCUT2D eigenvalue weighted by Crippen LogP contribution is 2.39. The van der Waals surface area contributed by atoms with Crippen molar-refractivity contribution in [2.24, 2.45) is 0 Å². The van der Waals surface area contributed by atoms with Gasteiger partial charge in [-0.05, 0) is 48.2 Å². The Morgan fingerprint density at radius 3 is 2.29 bits per heavy atom. The molecule has 2 amide bonds. The summed E-state index contributed by atoms with van der Waals surface area (Å²) in [7, 11) is 0. The number of rotatable bonds is 6. The Morgan fingerprint density at radius 1 is 0.882 bits per heavy atom. The number of hydrogen-bond acceptors (Lipinski definition) is 2. The van der Waals surface area contributed by atoms with E-state index in [2.05, 4.69) is 5.32 Å². The number of piperidine rings is 1. The van der Waals surface area contributed by atoms with Crippen LogP contribution in [0.25, 0.3) is 0 Å². The quantitative estimate of drug-likeness (QED) is 0.557. The van der Waals surface area contributed by atoms with Gasteiger partial charge in [-0.25, -0.2) is 13.2 Å². The normalized spacial score (nSPS) is 15.1. The molecule has 0 unspecified atom stereocenters. The average Bonchev–Trinajstić information content (AvgIpc) is 2.85. The lowest BCUT2D eigenvalue weighted by molar-refractivity contribution is -0.123. The van der Waals surface area contributed by atoms with Crippen LogP contribution in [0.2, 0.25) is 0 Å². The van der Waals surface area contributed by atoms with Crippen LogP contribution >= 0.6 is 0 Å². The maximum Gasteiger partial charge on any atom is 0.256 e. The third kappa shape index (κ3) is 5.14. The molecule has 0 bridgehead atoms. The molecule has 3 aromatic rings. The van der Waals surface area contributed by atoms with Gasteiger partial charge in [-0.3, -0.25) is 9.59 Å². The summed E-state index contributed by atoms with van der Waals surface area (Å²) in [6, 6.07) is 19.3. The number of amides is 2. The summed E-state index contributed by atoms with van der Waals surface area (Å²) in [4.78, 5) is 27.2. The number of benzene rings is 3. The summed E-state index contributed by atoms with van der Waals surface area (Å²) in [5.74, 6) is -3.31. The van der Waals surface area contributed by atoms with Gasteiger partial charge in [0, 0.05) is 31.5 Å². The van der Waals surface area contributed by atoms with Crippen molar-refractivity contribution in [3.05, 3.63) is 107 Å². The second-order valence-electron chi connectivity index (χ2n) is 8.62. The first-order valence-electron chi connectivity index (χ1n) is 11.2. The van der Waals surface area contributed by atoms with E-state index < -0.39 is 23.0 Å². The van der Waals surface area contributed by atoms with Crippen LogP contribution in [0.5, 0.6) is 0 Å². The molecule has 0 radical (unpaired) electrons. The molecule has 0 saturated carbocycles. The van der Waals surface area contributed by atoms with Crippen molar-refractivity contribution < 1.29 is 22.8 Å². The third-order valence-corrected chi connectivity index (χ3v) is 6.45. The maximum absolute atomic E-state index is 14.1. The molecule has 1 saturated heterocycles. The average molecular weight is 467 g/mol. The number of nitrogens with one attached hydrogen (secondary N) is 1. The van der Waals surface area contributed by atoms with Crippen LogP contribution in [0.3, 0.4) is 0 Å². The van der Waals surface area contributed by atoms with Crippen LogP contribution in [0.1, 0.15) is 40.7 Å². The minimum Gasteiger partial charge on any atom is -0.352 e. The van der Waals surface area contributed by atoms with Crippen LogP contribution in [-0.2, 0) is 16.8 Å². The molecule has 176 valence electrons. The number of halogens is 3. The Balaban J connectivity index is 1.47. The van der Waals surface area contributed by atoms with Gasteiger partial charge in [0.15, 0.2) is 11.6 Å². The summed E-state index contributed by atoms with van der Waals surface area (Å²) >= 11 is 0. The molecule has 1 fully saturated rings. The number of nitrogens with zero attached hydrogens (tertiary/aromatic N) is 1. The highest BCUT2D eigenvalue weighted by molar-refractivity contribution is 5.94. The molecular weight excluding hydrogens is 441 g/mol. The van der Waals surface area contributed by atoms with Gasteiger partial charge in [0.1, 0.15) is 5.82 Å². The third-order valence-electron chi connectivity index (χ3n) is 6.45. The fourth-order valence-electron chi connectivity index (χ4n) is 4.55. The summed E-state index contributed by atoms with van der Waals surface area (Å²) in [5, 5.41) is 2.86. The Labute approximate surface area is 196 Å². The Morgan fingerprint density at radius 2 is 1.59 bits per heavy atom. The summed E-state index contributed by atoms with van der Waals surface area (Å²) in [6.07, 6.45) is 1.18. The van der Waals surface area contributed by atoms with Gasteiger partial charge in [-0.1, -0.05) is 48.5 Å².